The van der Waals surface area contributed by atoms with Crippen molar-refractivity contribution in [1.82, 2.24) is 34.3 Å². The largest absolute Gasteiger partial charge is 0.361 e. The van der Waals surface area contributed by atoms with Gasteiger partial charge >= 0.3 is 0 Å². The van der Waals surface area contributed by atoms with Crippen LogP contribution < -0.4 is 4.90 Å². The lowest BCUT2D eigenvalue weighted by atomic mass is 9.96. The summed E-state index contributed by atoms with van der Waals surface area (Å²) in [5.41, 5.74) is 2.17. The van der Waals surface area contributed by atoms with Gasteiger partial charge in [-0.1, -0.05) is 0 Å². The summed E-state index contributed by atoms with van der Waals surface area (Å²) < 4.78 is 4.29. The fourth-order valence-electron chi connectivity index (χ4n) is 4.00. The van der Waals surface area contributed by atoms with E-state index in [0.717, 1.165) is 49.8 Å². The van der Waals surface area contributed by atoms with Crippen molar-refractivity contribution in [3.05, 3.63) is 36.2 Å². The van der Waals surface area contributed by atoms with Gasteiger partial charge in [-0.05, 0) is 50.9 Å². The van der Waals surface area contributed by atoms with Crippen LogP contribution in [0.1, 0.15) is 49.2 Å². The summed E-state index contributed by atoms with van der Waals surface area (Å²) in [4.78, 5) is 8.91. The van der Waals surface area contributed by atoms with Gasteiger partial charge in [-0.15, -0.1) is 15.3 Å². The van der Waals surface area contributed by atoms with Crippen LogP contribution >= 0.6 is 0 Å². The summed E-state index contributed by atoms with van der Waals surface area (Å²) >= 11 is 0. The summed E-state index contributed by atoms with van der Waals surface area (Å²) in [6, 6.07) is 4.67. The minimum absolute atomic E-state index is 0.412. The van der Waals surface area contributed by atoms with Crippen LogP contribution in [0.3, 0.4) is 0 Å². The third kappa shape index (κ3) is 3.18. The first-order valence-corrected chi connectivity index (χ1v) is 9.82. The fraction of sp³-hybridized carbons (Fsp3) is 0.579. The first-order valence-electron chi connectivity index (χ1n) is 9.82. The molecule has 0 bridgehead atoms. The summed E-state index contributed by atoms with van der Waals surface area (Å²) in [6.07, 6.45) is 8.80. The highest BCUT2D eigenvalue weighted by Gasteiger charge is 2.28. The van der Waals surface area contributed by atoms with Gasteiger partial charge in [-0.3, -0.25) is 4.90 Å². The Morgan fingerprint density at radius 3 is 2.63 bits per heavy atom. The van der Waals surface area contributed by atoms with Crippen LogP contribution in [-0.4, -0.2) is 61.4 Å². The zero-order valence-corrected chi connectivity index (χ0v) is 16.0. The number of aromatic nitrogens is 6. The van der Waals surface area contributed by atoms with Gasteiger partial charge < -0.3 is 9.47 Å². The van der Waals surface area contributed by atoms with E-state index in [1.807, 2.05) is 48.2 Å². The number of rotatable bonds is 5. The van der Waals surface area contributed by atoms with E-state index < -0.39 is 0 Å². The van der Waals surface area contributed by atoms with Crippen LogP contribution in [0, 0.1) is 0 Å². The Balaban J connectivity index is 1.28. The highest BCUT2D eigenvalue weighted by Crippen LogP contribution is 2.36. The highest BCUT2D eigenvalue weighted by molar-refractivity contribution is 5.45. The van der Waals surface area contributed by atoms with E-state index in [1.54, 1.807) is 0 Å². The van der Waals surface area contributed by atoms with Gasteiger partial charge in [-0.2, -0.15) is 4.52 Å². The summed E-state index contributed by atoms with van der Waals surface area (Å²) in [5.74, 6) is 2.33. The number of hydrogen-bond acceptors (Lipinski definition) is 6. The zero-order chi connectivity index (χ0) is 18.4. The summed E-state index contributed by atoms with van der Waals surface area (Å²) in [6.45, 7) is 3.14. The van der Waals surface area contributed by atoms with Crippen molar-refractivity contribution in [3.8, 4) is 0 Å². The Kier molecular flexibility index (Phi) is 4.07. The minimum Gasteiger partial charge on any atom is -0.361 e. The second-order valence-corrected chi connectivity index (χ2v) is 7.99. The van der Waals surface area contributed by atoms with E-state index in [4.69, 9.17) is 5.10 Å². The Morgan fingerprint density at radius 2 is 1.89 bits per heavy atom. The van der Waals surface area contributed by atoms with E-state index in [1.165, 1.54) is 18.5 Å². The molecule has 8 heteroatoms. The minimum atomic E-state index is 0.412. The first-order chi connectivity index (χ1) is 13.2. The van der Waals surface area contributed by atoms with Crippen LogP contribution in [0.25, 0.3) is 5.65 Å². The molecule has 0 N–H and O–H groups in total. The second-order valence-electron chi connectivity index (χ2n) is 7.99. The zero-order valence-electron chi connectivity index (χ0n) is 16.0. The molecule has 0 amide bonds. The van der Waals surface area contributed by atoms with Crippen molar-refractivity contribution >= 4 is 11.5 Å². The predicted molar refractivity (Wildman–Crippen MR) is 103 cm³/mol. The number of anilines is 1. The third-order valence-electron chi connectivity index (χ3n) is 5.76. The van der Waals surface area contributed by atoms with Crippen LogP contribution in [-0.2, 0) is 6.54 Å². The average molecular weight is 366 g/mol. The Morgan fingerprint density at radius 1 is 1.07 bits per heavy atom. The number of piperidine rings is 1. The fourth-order valence-corrected chi connectivity index (χ4v) is 4.00. The first kappa shape index (κ1) is 16.7. The van der Waals surface area contributed by atoms with Gasteiger partial charge in [-0.25, -0.2) is 4.98 Å². The molecule has 142 valence electrons. The van der Waals surface area contributed by atoms with Gasteiger partial charge in [0.15, 0.2) is 11.5 Å². The molecule has 2 fully saturated rings. The molecule has 1 saturated carbocycles. The summed E-state index contributed by atoms with van der Waals surface area (Å²) in [7, 11) is 4.01. The molecule has 27 heavy (non-hydrogen) atoms. The van der Waals surface area contributed by atoms with Gasteiger partial charge in [0.05, 0.1) is 12.0 Å². The van der Waals surface area contributed by atoms with Crippen LogP contribution in [0.4, 0.5) is 5.82 Å². The lowest BCUT2D eigenvalue weighted by Gasteiger charge is -2.31. The molecule has 0 atom stereocenters. The molecule has 5 rings (SSSR count). The van der Waals surface area contributed by atoms with Crippen LogP contribution in [0.15, 0.2) is 24.7 Å². The topological polar surface area (TPSA) is 67.4 Å². The lowest BCUT2D eigenvalue weighted by molar-refractivity contribution is 0.196. The van der Waals surface area contributed by atoms with E-state index in [0.29, 0.717) is 12.0 Å². The van der Waals surface area contributed by atoms with Gasteiger partial charge in [0.2, 0.25) is 0 Å². The maximum absolute atomic E-state index is 4.72. The molecule has 0 aromatic carbocycles. The number of imidazole rings is 1. The predicted octanol–water partition coefficient (Wildman–Crippen LogP) is 2.10. The number of nitrogens with zero attached hydrogens (tertiary/aromatic N) is 8. The molecule has 3 aromatic rings. The maximum Gasteiger partial charge on any atom is 0.178 e. The molecule has 0 spiro atoms. The van der Waals surface area contributed by atoms with Crippen LogP contribution in [0.5, 0.6) is 0 Å². The second kappa shape index (κ2) is 6.60. The molecular formula is C19H26N8. The molecule has 1 aliphatic carbocycles. The smallest absolute Gasteiger partial charge is 0.178 e. The van der Waals surface area contributed by atoms with Gasteiger partial charge in [0.1, 0.15) is 5.82 Å². The van der Waals surface area contributed by atoms with Crippen molar-refractivity contribution in [2.75, 3.05) is 32.1 Å². The number of likely N-dealkylation sites (tertiary alicyclic amines) is 1. The van der Waals surface area contributed by atoms with E-state index in [-0.39, 0.29) is 0 Å². The highest BCUT2D eigenvalue weighted by atomic mass is 15.4. The number of hydrogen-bond donors (Lipinski definition) is 0. The molecule has 0 radical (unpaired) electrons. The normalized spacial score (nSPS) is 19.0. The Hall–Kier alpha value is -2.48. The quantitative estimate of drug-likeness (QED) is 0.689. The Labute approximate surface area is 158 Å². The molecule has 2 aliphatic rings. The molecular weight excluding hydrogens is 340 g/mol. The number of fused-ring (bicyclic) bond motifs is 1. The third-order valence-corrected chi connectivity index (χ3v) is 5.76. The lowest BCUT2D eigenvalue weighted by Crippen LogP contribution is -2.33. The maximum atomic E-state index is 4.72. The van der Waals surface area contributed by atoms with Crippen molar-refractivity contribution in [2.45, 2.75) is 44.2 Å². The van der Waals surface area contributed by atoms with Crippen molar-refractivity contribution in [1.29, 1.82) is 0 Å². The molecule has 3 aromatic heterocycles. The SMILES string of the molecule is CN(C)c1ccc2nnc(C3CCN(Cc4cncn4C4CC4)CC3)n2n1. The molecule has 1 aliphatic heterocycles. The van der Waals surface area contributed by atoms with Crippen molar-refractivity contribution in [3.63, 3.8) is 0 Å². The molecule has 8 nitrogen and oxygen atoms in total. The van der Waals surface area contributed by atoms with E-state index in [9.17, 15) is 0 Å². The molecule has 1 saturated heterocycles. The monoisotopic (exact) mass is 366 g/mol. The summed E-state index contributed by atoms with van der Waals surface area (Å²) in [5, 5.41) is 13.5. The Bertz CT molecular complexity index is 930. The van der Waals surface area contributed by atoms with Crippen LogP contribution in [0.2, 0.25) is 0 Å². The van der Waals surface area contributed by atoms with Crippen molar-refractivity contribution in [2.24, 2.45) is 0 Å². The van der Waals surface area contributed by atoms with Crippen molar-refractivity contribution < 1.29 is 0 Å². The molecule has 4 heterocycles. The van der Waals surface area contributed by atoms with E-state index in [2.05, 4.69) is 24.6 Å². The standard InChI is InChI=1S/C19H26N8/c1-24(2)18-6-5-17-21-22-19(27(17)23-18)14-7-9-25(10-8-14)12-16-11-20-13-26(16)15-3-4-15/h5-6,11,13-15H,3-4,7-10,12H2,1-2H3. The van der Waals surface area contributed by atoms with Gasteiger partial charge in [0, 0.05) is 38.8 Å². The van der Waals surface area contributed by atoms with E-state index >= 15 is 0 Å². The molecule has 0 unspecified atom stereocenters. The average Bonchev–Trinajstić information content (AvgIpc) is 3.27. The van der Waals surface area contributed by atoms with Gasteiger partial charge in [0.25, 0.3) is 0 Å².